The summed E-state index contributed by atoms with van der Waals surface area (Å²) in [6.07, 6.45) is -2.54. The third-order valence-corrected chi connectivity index (χ3v) is 0.653. The second kappa shape index (κ2) is 5.43. The van der Waals surface area contributed by atoms with Crippen molar-refractivity contribution in [1.29, 1.82) is 0 Å². The fraction of sp³-hybridized carbons (Fsp3) is 0.500. The Hall–Kier alpha value is -0.360. The van der Waals surface area contributed by atoms with Gasteiger partial charge in [0.15, 0.2) is 6.10 Å². The molecule has 0 aromatic heterocycles. The summed E-state index contributed by atoms with van der Waals surface area (Å²) < 4.78 is 0. The molecule has 0 saturated carbocycles. The molecule has 0 aromatic carbocycles. The number of aliphatic hydroxyl groups is 1. The van der Waals surface area contributed by atoms with Crippen molar-refractivity contribution in [3.63, 3.8) is 0 Å². The van der Waals surface area contributed by atoms with Crippen LogP contribution in [0.3, 0.4) is 0 Å². The maximum Gasteiger partial charge on any atom is 0.333 e. The van der Waals surface area contributed by atoms with E-state index in [-0.39, 0.29) is 22.4 Å². The zero-order valence-electron chi connectivity index (χ0n) is 4.74. The summed E-state index contributed by atoms with van der Waals surface area (Å²) >= 11 is 0. The zero-order valence-corrected chi connectivity index (χ0v) is 6.23. The maximum absolute atomic E-state index is 9.72. The summed E-state index contributed by atoms with van der Waals surface area (Å²) in [6.45, 7) is 0. The van der Waals surface area contributed by atoms with Gasteiger partial charge in [-0.3, -0.25) is 4.79 Å². The van der Waals surface area contributed by atoms with Crippen LogP contribution >= 0.6 is 0 Å². The Kier molecular flexibility index (Phi) is 6.69. The van der Waals surface area contributed by atoms with Crippen LogP contribution in [0.25, 0.3) is 0 Å². The molecule has 63 valence electrons. The molecule has 5 nitrogen and oxygen atoms in total. The van der Waals surface area contributed by atoms with Crippen molar-refractivity contribution in [2.75, 3.05) is 0 Å². The van der Waals surface area contributed by atoms with Gasteiger partial charge in [0.05, 0.1) is 6.42 Å². The van der Waals surface area contributed by atoms with Crippen LogP contribution in [0.2, 0.25) is 0 Å². The number of hydrogen-bond acceptors (Lipinski definition) is 3. The molecule has 0 amide bonds. The van der Waals surface area contributed by atoms with Crippen molar-refractivity contribution in [1.82, 2.24) is 0 Å². The number of carboxylic acids is 2. The van der Waals surface area contributed by atoms with Gasteiger partial charge in [0, 0.05) is 22.4 Å². The standard InChI is InChI=1S/C4H6O5.Ag/c5-2(4(8)9)1-3(6)7;/h2,5H,1H2,(H,6,7)(H,8,9);/t2-;/m0./s1. The predicted octanol–water partition coefficient (Wildman–Crippen LogP) is -1.10. The monoisotopic (exact) mass is 241 g/mol. The van der Waals surface area contributed by atoms with Gasteiger partial charge in [-0.05, 0) is 0 Å². The SMILES string of the molecule is O=C(O)C[C@H](O)C(=O)O.[Ag]. The Morgan fingerprint density at radius 3 is 1.80 bits per heavy atom. The molecule has 0 fully saturated rings. The van der Waals surface area contributed by atoms with Crippen LogP contribution in [-0.2, 0) is 32.0 Å². The van der Waals surface area contributed by atoms with Gasteiger partial charge < -0.3 is 15.3 Å². The molecule has 10 heavy (non-hydrogen) atoms. The maximum atomic E-state index is 9.72. The van der Waals surface area contributed by atoms with E-state index in [2.05, 4.69) is 0 Å². The molecule has 0 aliphatic carbocycles. The molecular formula is C4H6AgO5. The normalized spacial score (nSPS) is 11.3. The Bertz CT molecular complexity index is 134. The molecule has 0 bridgehead atoms. The Morgan fingerprint density at radius 2 is 1.70 bits per heavy atom. The summed E-state index contributed by atoms with van der Waals surface area (Å²) in [4.78, 5) is 19.4. The van der Waals surface area contributed by atoms with Crippen LogP contribution < -0.4 is 0 Å². The summed E-state index contributed by atoms with van der Waals surface area (Å²) in [5.41, 5.74) is 0. The second-order valence-corrected chi connectivity index (χ2v) is 1.45. The minimum atomic E-state index is -1.79. The van der Waals surface area contributed by atoms with Crippen LogP contribution in [0.5, 0.6) is 0 Å². The molecule has 0 saturated heterocycles. The molecule has 0 aliphatic heterocycles. The zero-order chi connectivity index (χ0) is 7.44. The van der Waals surface area contributed by atoms with E-state index < -0.39 is 24.5 Å². The number of aliphatic hydroxyl groups excluding tert-OH is 1. The van der Waals surface area contributed by atoms with Gasteiger partial charge in [0.25, 0.3) is 0 Å². The summed E-state index contributed by atoms with van der Waals surface area (Å²) in [7, 11) is 0. The fourth-order valence-electron chi connectivity index (χ4n) is 0.253. The van der Waals surface area contributed by atoms with E-state index in [4.69, 9.17) is 15.3 Å². The number of carbonyl (C=O) groups is 2. The van der Waals surface area contributed by atoms with Crippen molar-refractivity contribution >= 4 is 11.9 Å². The van der Waals surface area contributed by atoms with E-state index in [1.54, 1.807) is 0 Å². The van der Waals surface area contributed by atoms with E-state index in [1.807, 2.05) is 0 Å². The third-order valence-electron chi connectivity index (χ3n) is 0.653. The average Bonchev–Trinajstić information content (AvgIpc) is 1.63. The van der Waals surface area contributed by atoms with Crippen LogP contribution in [0.15, 0.2) is 0 Å². The Labute approximate surface area is 72.2 Å². The number of carboxylic acid groups (broad SMARTS) is 2. The third kappa shape index (κ3) is 5.77. The summed E-state index contributed by atoms with van der Waals surface area (Å²) in [6, 6.07) is 0. The molecule has 1 atom stereocenters. The summed E-state index contributed by atoms with van der Waals surface area (Å²) in [5.74, 6) is -2.85. The molecule has 6 heteroatoms. The molecule has 0 spiro atoms. The van der Waals surface area contributed by atoms with E-state index in [9.17, 15) is 9.59 Å². The van der Waals surface area contributed by atoms with E-state index in [0.717, 1.165) is 0 Å². The molecule has 0 unspecified atom stereocenters. The van der Waals surface area contributed by atoms with Crippen LogP contribution in [0, 0.1) is 0 Å². The van der Waals surface area contributed by atoms with Crippen LogP contribution in [0.1, 0.15) is 6.42 Å². The average molecular weight is 242 g/mol. The van der Waals surface area contributed by atoms with Gasteiger partial charge in [-0.15, -0.1) is 0 Å². The second-order valence-electron chi connectivity index (χ2n) is 1.45. The quantitative estimate of drug-likeness (QED) is 0.546. The van der Waals surface area contributed by atoms with Gasteiger partial charge in [-0.25, -0.2) is 4.79 Å². The van der Waals surface area contributed by atoms with Crippen molar-refractivity contribution in [3.8, 4) is 0 Å². The van der Waals surface area contributed by atoms with Crippen molar-refractivity contribution in [2.24, 2.45) is 0 Å². The first-order chi connectivity index (χ1) is 4.04. The topological polar surface area (TPSA) is 94.8 Å². The minimum absolute atomic E-state index is 0. The van der Waals surface area contributed by atoms with Gasteiger partial charge in [-0.2, -0.15) is 0 Å². The Morgan fingerprint density at radius 1 is 1.30 bits per heavy atom. The number of rotatable bonds is 3. The predicted molar refractivity (Wildman–Crippen MR) is 25.9 cm³/mol. The largest absolute Gasteiger partial charge is 0.481 e. The van der Waals surface area contributed by atoms with Gasteiger partial charge in [0.2, 0.25) is 0 Å². The van der Waals surface area contributed by atoms with Crippen molar-refractivity contribution in [2.45, 2.75) is 12.5 Å². The van der Waals surface area contributed by atoms with Crippen LogP contribution in [0.4, 0.5) is 0 Å². The molecule has 0 rings (SSSR count). The van der Waals surface area contributed by atoms with E-state index >= 15 is 0 Å². The van der Waals surface area contributed by atoms with Crippen LogP contribution in [-0.4, -0.2) is 33.4 Å². The molecule has 1 radical (unpaired) electrons. The fourth-order valence-corrected chi connectivity index (χ4v) is 0.253. The molecule has 0 heterocycles. The van der Waals surface area contributed by atoms with Gasteiger partial charge in [-0.1, -0.05) is 0 Å². The van der Waals surface area contributed by atoms with Crippen molar-refractivity contribution in [3.05, 3.63) is 0 Å². The van der Waals surface area contributed by atoms with E-state index in [1.165, 1.54) is 0 Å². The van der Waals surface area contributed by atoms with Gasteiger partial charge >= 0.3 is 11.9 Å². The first-order valence-corrected chi connectivity index (χ1v) is 2.16. The number of hydrogen-bond donors (Lipinski definition) is 3. The molecule has 0 aliphatic rings. The number of aliphatic carboxylic acids is 2. The Balaban J connectivity index is 0. The first kappa shape index (κ1) is 12.3. The molecule has 0 aromatic rings. The molecule has 3 N–H and O–H groups in total. The van der Waals surface area contributed by atoms with Gasteiger partial charge in [0.1, 0.15) is 0 Å². The molecular weight excluding hydrogens is 236 g/mol. The first-order valence-electron chi connectivity index (χ1n) is 2.16. The van der Waals surface area contributed by atoms with E-state index in [0.29, 0.717) is 0 Å². The smallest absolute Gasteiger partial charge is 0.333 e. The minimum Gasteiger partial charge on any atom is -0.481 e. The van der Waals surface area contributed by atoms with Crippen molar-refractivity contribution < 1.29 is 47.3 Å². The summed E-state index contributed by atoms with van der Waals surface area (Å²) in [5, 5.41) is 24.1.